The molecule has 0 amide bonds. The van der Waals surface area contributed by atoms with Gasteiger partial charge in [0.1, 0.15) is 5.75 Å². The van der Waals surface area contributed by atoms with Crippen molar-refractivity contribution in [1.29, 1.82) is 0 Å². The number of allylic oxidation sites excluding steroid dienone is 2. The molecule has 0 saturated heterocycles. The predicted molar refractivity (Wildman–Crippen MR) is 118 cm³/mol. The van der Waals surface area contributed by atoms with Gasteiger partial charge in [-0.3, -0.25) is 0 Å². The van der Waals surface area contributed by atoms with Gasteiger partial charge in [0.15, 0.2) is 0 Å². The lowest BCUT2D eigenvalue weighted by atomic mass is 9.51. The Kier molecular flexibility index (Phi) is 5.48. The Labute approximate surface area is 192 Å². The normalized spacial score (nSPS) is 38.2. The van der Waals surface area contributed by atoms with Gasteiger partial charge in [-0.25, -0.2) is 0 Å². The number of aliphatic hydroxyl groups is 1. The van der Waals surface area contributed by atoms with Crippen molar-refractivity contribution in [3.05, 3.63) is 53.6 Å². The first-order valence-electron chi connectivity index (χ1n) is 11.7. The first kappa shape index (κ1) is 23.0. The van der Waals surface area contributed by atoms with Crippen LogP contribution in [0.2, 0.25) is 0 Å². The quantitative estimate of drug-likeness (QED) is 0.341. The van der Waals surface area contributed by atoms with E-state index in [4.69, 9.17) is 0 Å². The highest BCUT2D eigenvalue weighted by Crippen LogP contribution is 2.61. The van der Waals surface area contributed by atoms with Crippen LogP contribution in [0.25, 0.3) is 0 Å². The Morgan fingerprint density at radius 3 is 2.58 bits per heavy atom. The Bertz CT molecular complexity index is 1090. The lowest BCUT2D eigenvalue weighted by Crippen LogP contribution is -2.46. The van der Waals surface area contributed by atoms with Crippen LogP contribution in [-0.2, 0) is 10.1 Å². The minimum atomic E-state index is -5.74. The van der Waals surface area contributed by atoms with E-state index in [-0.39, 0.29) is 29.1 Å². The van der Waals surface area contributed by atoms with E-state index in [1.807, 2.05) is 6.08 Å². The number of rotatable bonds is 3. The molecule has 2 saturated carbocycles. The maximum absolute atomic E-state index is 13.0. The molecular formula is C25H29F3O4S. The summed E-state index contributed by atoms with van der Waals surface area (Å²) in [6.07, 6.45) is 11.5. The number of alkyl halides is 3. The van der Waals surface area contributed by atoms with Crippen LogP contribution in [0.15, 0.2) is 48.1 Å². The minimum Gasteiger partial charge on any atom is -0.392 e. The van der Waals surface area contributed by atoms with Gasteiger partial charge in [-0.15, -0.1) is 0 Å². The molecule has 7 atom stereocenters. The molecule has 0 radical (unpaired) electrons. The molecule has 180 valence electrons. The third-order valence-corrected chi connectivity index (χ3v) is 9.72. The Morgan fingerprint density at radius 1 is 1.06 bits per heavy atom. The Balaban J connectivity index is 1.44. The molecule has 5 rings (SSSR count). The van der Waals surface area contributed by atoms with Crippen molar-refractivity contribution in [2.45, 2.75) is 63.0 Å². The van der Waals surface area contributed by atoms with E-state index in [1.54, 1.807) is 12.1 Å². The second kappa shape index (κ2) is 7.87. The minimum absolute atomic E-state index is 0.135. The molecule has 4 nitrogen and oxygen atoms in total. The van der Waals surface area contributed by atoms with Crippen molar-refractivity contribution in [3.63, 3.8) is 0 Å². The third kappa shape index (κ3) is 3.64. The van der Waals surface area contributed by atoms with Gasteiger partial charge in [-0.2, -0.15) is 21.6 Å². The first-order valence-corrected chi connectivity index (χ1v) is 13.1. The van der Waals surface area contributed by atoms with Crippen LogP contribution < -0.4 is 4.18 Å². The second-order valence-corrected chi connectivity index (χ2v) is 11.8. The van der Waals surface area contributed by atoms with Gasteiger partial charge in [-0.05, 0) is 68.3 Å². The molecule has 33 heavy (non-hydrogen) atoms. The van der Waals surface area contributed by atoms with E-state index >= 15 is 0 Å². The summed E-state index contributed by atoms with van der Waals surface area (Å²) in [5.41, 5.74) is -3.72. The summed E-state index contributed by atoms with van der Waals surface area (Å²) >= 11 is 0. The fraction of sp³-hybridized carbons (Fsp3) is 0.600. The van der Waals surface area contributed by atoms with Crippen LogP contribution >= 0.6 is 0 Å². The van der Waals surface area contributed by atoms with Crippen LogP contribution in [0.5, 0.6) is 5.75 Å². The lowest BCUT2D eigenvalue weighted by molar-refractivity contribution is -0.0500. The summed E-state index contributed by atoms with van der Waals surface area (Å²) in [6.45, 7) is 2.18. The fourth-order valence-electron chi connectivity index (χ4n) is 7.15. The van der Waals surface area contributed by atoms with Gasteiger partial charge >= 0.3 is 15.6 Å². The summed E-state index contributed by atoms with van der Waals surface area (Å²) in [6, 6.07) is 6.19. The van der Waals surface area contributed by atoms with Gasteiger partial charge in [-0.1, -0.05) is 48.9 Å². The van der Waals surface area contributed by atoms with E-state index in [2.05, 4.69) is 23.3 Å². The van der Waals surface area contributed by atoms with E-state index in [0.717, 1.165) is 32.1 Å². The van der Waals surface area contributed by atoms with Crippen LogP contribution in [0.3, 0.4) is 0 Å². The highest BCUT2D eigenvalue weighted by molar-refractivity contribution is 7.88. The molecule has 1 aromatic carbocycles. The maximum Gasteiger partial charge on any atom is 0.534 e. The molecule has 4 aliphatic rings. The largest absolute Gasteiger partial charge is 0.534 e. The smallest absolute Gasteiger partial charge is 0.392 e. The van der Waals surface area contributed by atoms with Crippen LogP contribution in [0.1, 0.15) is 56.9 Å². The standard InChI is InChI=1S/C25H29F3O4S/c1-24-14-13-18-15-6-4-7-16(17(15)9-10-19(18)21(24)11-12-23(24)29)20-5-2-3-8-22(20)32-33(30,31)25(26,27)28/h2-5,7-8,11,15-19,23,29H,6,9-10,12-14H2,1H3/t15-,16?,17?,18+,19+,23-,24-/m0/s1. The zero-order chi connectivity index (χ0) is 23.6. The summed E-state index contributed by atoms with van der Waals surface area (Å²) < 4.78 is 66.9. The van der Waals surface area contributed by atoms with Crippen molar-refractivity contribution < 1.29 is 30.9 Å². The third-order valence-electron chi connectivity index (χ3n) is 8.75. The number of halogens is 3. The van der Waals surface area contributed by atoms with Gasteiger partial charge < -0.3 is 9.29 Å². The number of hydrogen-bond donors (Lipinski definition) is 1. The molecule has 0 aromatic heterocycles. The van der Waals surface area contributed by atoms with E-state index in [0.29, 0.717) is 29.7 Å². The Hall–Kier alpha value is -1.80. The molecule has 0 aliphatic heterocycles. The molecule has 1 N–H and O–H groups in total. The van der Waals surface area contributed by atoms with E-state index < -0.39 is 15.6 Å². The fourth-order valence-corrected chi connectivity index (χ4v) is 7.63. The topological polar surface area (TPSA) is 63.6 Å². The average molecular weight is 483 g/mol. The van der Waals surface area contributed by atoms with Crippen LogP contribution in [0.4, 0.5) is 13.2 Å². The summed E-state index contributed by atoms with van der Waals surface area (Å²) in [5, 5.41) is 10.6. The second-order valence-electron chi connectivity index (χ2n) is 10.3. The van der Waals surface area contributed by atoms with Gasteiger partial charge in [0.25, 0.3) is 0 Å². The van der Waals surface area contributed by atoms with E-state index in [9.17, 15) is 26.7 Å². The molecule has 2 unspecified atom stereocenters. The number of aliphatic hydroxyl groups excluding tert-OH is 1. The van der Waals surface area contributed by atoms with E-state index in [1.165, 1.54) is 17.7 Å². The number of hydrogen-bond acceptors (Lipinski definition) is 4. The SMILES string of the molecule is C[C@]12CC[C@H]3[C@@H](CCC4C(c5ccccc5OS(=O)(=O)C(F)(F)F)C=CC[C@@H]43)C1=CC[C@@H]2O. The van der Waals surface area contributed by atoms with Crippen molar-refractivity contribution in [2.75, 3.05) is 0 Å². The van der Waals surface area contributed by atoms with Crippen LogP contribution in [-0.4, -0.2) is 25.1 Å². The number of para-hydroxylation sites is 1. The lowest BCUT2D eigenvalue weighted by Gasteiger charge is -2.54. The average Bonchev–Trinajstić information content (AvgIpc) is 3.07. The van der Waals surface area contributed by atoms with Crippen molar-refractivity contribution in [1.82, 2.24) is 0 Å². The molecule has 8 heteroatoms. The van der Waals surface area contributed by atoms with Gasteiger partial charge in [0.05, 0.1) is 6.10 Å². The van der Waals surface area contributed by atoms with Crippen molar-refractivity contribution in [3.8, 4) is 5.75 Å². The zero-order valence-electron chi connectivity index (χ0n) is 18.5. The summed E-state index contributed by atoms with van der Waals surface area (Å²) in [5.74, 6) is 1.05. The van der Waals surface area contributed by atoms with Crippen LogP contribution in [0, 0.1) is 29.1 Å². The number of fused-ring (bicyclic) bond motifs is 5. The number of benzene rings is 1. The monoisotopic (exact) mass is 482 g/mol. The van der Waals surface area contributed by atoms with Crippen molar-refractivity contribution in [2.24, 2.45) is 29.1 Å². The highest BCUT2D eigenvalue weighted by Gasteiger charge is 2.54. The van der Waals surface area contributed by atoms with Crippen molar-refractivity contribution >= 4 is 10.1 Å². The predicted octanol–water partition coefficient (Wildman–Crippen LogP) is 5.71. The molecule has 0 spiro atoms. The molecular weight excluding hydrogens is 453 g/mol. The maximum atomic E-state index is 13.0. The molecule has 0 bridgehead atoms. The first-order chi connectivity index (χ1) is 15.5. The van der Waals surface area contributed by atoms with Gasteiger partial charge in [0.2, 0.25) is 0 Å². The molecule has 0 heterocycles. The Morgan fingerprint density at radius 2 is 1.82 bits per heavy atom. The molecule has 1 aromatic rings. The van der Waals surface area contributed by atoms with Gasteiger partial charge in [0, 0.05) is 16.9 Å². The summed E-state index contributed by atoms with van der Waals surface area (Å²) in [4.78, 5) is 0. The molecule has 4 aliphatic carbocycles. The molecule has 2 fully saturated rings. The summed E-state index contributed by atoms with van der Waals surface area (Å²) in [7, 11) is -5.74. The zero-order valence-corrected chi connectivity index (χ0v) is 19.3. The highest BCUT2D eigenvalue weighted by atomic mass is 32.2.